The summed E-state index contributed by atoms with van der Waals surface area (Å²) in [6.07, 6.45) is 15.9. The lowest BCUT2D eigenvalue weighted by molar-refractivity contribution is 1.37. The fourth-order valence-corrected chi connectivity index (χ4v) is 1.96. The molecule has 0 aliphatic rings. The van der Waals surface area contributed by atoms with Gasteiger partial charge < -0.3 is 0 Å². The van der Waals surface area contributed by atoms with Crippen LogP contribution in [0.3, 0.4) is 0 Å². The Kier molecular flexibility index (Phi) is 16.5. The molecular weight excluding hydrogens is 300 g/mol. The molecule has 0 aliphatic carbocycles. The summed E-state index contributed by atoms with van der Waals surface area (Å²) in [6, 6.07) is 6.44. The average molecular weight is 337 g/mol. The van der Waals surface area contributed by atoms with Gasteiger partial charge >= 0.3 is 0 Å². The Bertz CT molecular complexity index is 619. The molecule has 1 aromatic carbocycles. The standard InChI is InChI=1S/C15H18.C8H12.C2H6/c1-5-6-7-8-13(3)15-11-12(2)9-10-14(15)4;1-4-6-8(3)7-5-2;1-2/h5-11H,3H2,1-2,4H3;4-7H,1H2,2-3H3;1-2H3/b6-5-,8-7-;7-5-,8-6-;. The van der Waals surface area contributed by atoms with E-state index in [0.29, 0.717) is 0 Å². The number of allylic oxidation sites excluding steroid dienone is 10. The molecule has 0 nitrogen and oxygen atoms in total. The molecule has 0 aromatic heterocycles. The fraction of sp³-hybridized carbons (Fsp3) is 0.280. The molecule has 0 heteroatoms. The third kappa shape index (κ3) is 12.7. The van der Waals surface area contributed by atoms with Crippen LogP contribution >= 0.6 is 0 Å². The number of hydrogen-bond acceptors (Lipinski definition) is 0. The van der Waals surface area contributed by atoms with E-state index in [-0.39, 0.29) is 0 Å². The molecular formula is C25H36. The van der Waals surface area contributed by atoms with Crippen molar-refractivity contribution in [2.45, 2.75) is 48.5 Å². The van der Waals surface area contributed by atoms with E-state index in [0.717, 1.165) is 5.57 Å². The molecule has 0 saturated heterocycles. The first kappa shape index (κ1) is 24.9. The summed E-state index contributed by atoms with van der Waals surface area (Å²) >= 11 is 0. The zero-order chi connectivity index (χ0) is 19.7. The normalized spacial score (nSPS) is 11.1. The van der Waals surface area contributed by atoms with E-state index in [1.165, 1.54) is 22.3 Å². The summed E-state index contributed by atoms with van der Waals surface area (Å²) in [7, 11) is 0. The number of aryl methyl sites for hydroxylation is 2. The first-order valence-electron chi connectivity index (χ1n) is 8.94. The van der Waals surface area contributed by atoms with E-state index in [2.05, 4.69) is 45.2 Å². The highest BCUT2D eigenvalue weighted by Crippen LogP contribution is 2.19. The van der Waals surface area contributed by atoms with Gasteiger partial charge in [0.25, 0.3) is 0 Å². The maximum absolute atomic E-state index is 4.08. The highest BCUT2D eigenvalue weighted by Gasteiger charge is 1.99. The lowest BCUT2D eigenvalue weighted by Crippen LogP contribution is -1.86. The van der Waals surface area contributed by atoms with Crippen LogP contribution in [0.4, 0.5) is 0 Å². The smallest absolute Gasteiger partial charge is 0.0158 e. The Hall–Kier alpha value is -2.34. The van der Waals surface area contributed by atoms with Crippen molar-refractivity contribution >= 4 is 5.57 Å². The van der Waals surface area contributed by atoms with E-state index in [1.54, 1.807) is 6.08 Å². The molecule has 1 aromatic rings. The molecule has 0 aliphatic heterocycles. The first-order valence-corrected chi connectivity index (χ1v) is 8.94. The van der Waals surface area contributed by atoms with E-state index in [9.17, 15) is 0 Å². The van der Waals surface area contributed by atoms with Crippen LogP contribution in [0.2, 0.25) is 0 Å². The lowest BCUT2D eigenvalue weighted by atomic mass is 9.99. The van der Waals surface area contributed by atoms with Crippen molar-refractivity contribution in [1.29, 1.82) is 0 Å². The van der Waals surface area contributed by atoms with E-state index in [1.807, 2.05) is 77.2 Å². The number of hydrogen-bond donors (Lipinski definition) is 0. The van der Waals surface area contributed by atoms with Crippen molar-refractivity contribution in [2.24, 2.45) is 0 Å². The van der Waals surface area contributed by atoms with E-state index < -0.39 is 0 Å². The van der Waals surface area contributed by atoms with Crippen LogP contribution in [0.15, 0.2) is 85.5 Å². The van der Waals surface area contributed by atoms with Gasteiger partial charge in [0.1, 0.15) is 0 Å². The van der Waals surface area contributed by atoms with Crippen LogP contribution in [0.5, 0.6) is 0 Å². The molecule has 0 saturated carbocycles. The molecule has 0 amide bonds. The minimum absolute atomic E-state index is 1.06. The van der Waals surface area contributed by atoms with Gasteiger partial charge in [0, 0.05) is 0 Å². The van der Waals surface area contributed by atoms with Gasteiger partial charge in [-0.1, -0.05) is 105 Å². The molecule has 0 fully saturated rings. The summed E-state index contributed by atoms with van der Waals surface area (Å²) < 4.78 is 0. The molecule has 25 heavy (non-hydrogen) atoms. The van der Waals surface area contributed by atoms with Crippen LogP contribution in [0, 0.1) is 13.8 Å². The Balaban J connectivity index is 0. The van der Waals surface area contributed by atoms with Gasteiger partial charge in [-0.2, -0.15) is 0 Å². The summed E-state index contributed by atoms with van der Waals surface area (Å²) in [5.41, 5.74) is 6.08. The van der Waals surface area contributed by atoms with Crippen LogP contribution in [0.1, 0.15) is 51.3 Å². The third-order valence-electron chi connectivity index (χ3n) is 3.15. The average Bonchev–Trinajstić information content (AvgIpc) is 2.60. The van der Waals surface area contributed by atoms with E-state index in [4.69, 9.17) is 0 Å². The molecule has 0 radical (unpaired) electrons. The molecule has 0 N–H and O–H groups in total. The van der Waals surface area contributed by atoms with E-state index >= 15 is 0 Å². The molecule has 136 valence electrons. The predicted molar refractivity (Wildman–Crippen MR) is 119 cm³/mol. The Morgan fingerprint density at radius 1 is 0.960 bits per heavy atom. The highest BCUT2D eigenvalue weighted by atomic mass is 14.0. The van der Waals surface area contributed by atoms with Crippen molar-refractivity contribution in [3.05, 3.63) is 102 Å². The minimum atomic E-state index is 1.06. The SMILES string of the molecule is C=C(/C=C\C=C/C)c1cc(C)ccc1C.C=C/C=C(C)\C=C/C.CC. The molecule has 1 rings (SSSR count). The maximum Gasteiger partial charge on any atom is -0.0158 e. The summed E-state index contributed by atoms with van der Waals surface area (Å²) in [5, 5.41) is 0. The summed E-state index contributed by atoms with van der Waals surface area (Å²) in [4.78, 5) is 0. The lowest BCUT2D eigenvalue weighted by Gasteiger charge is -2.06. The second-order valence-corrected chi connectivity index (χ2v) is 5.37. The minimum Gasteiger partial charge on any atom is -0.0991 e. The molecule has 0 unspecified atom stereocenters. The van der Waals surface area contributed by atoms with Crippen molar-refractivity contribution in [3.8, 4) is 0 Å². The van der Waals surface area contributed by atoms with Crippen LogP contribution in [-0.4, -0.2) is 0 Å². The molecule has 0 bridgehead atoms. The van der Waals surface area contributed by atoms with Gasteiger partial charge in [-0.05, 0) is 51.3 Å². The van der Waals surface area contributed by atoms with Gasteiger partial charge in [0.05, 0.1) is 0 Å². The second kappa shape index (κ2) is 16.5. The largest absolute Gasteiger partial charge is 0.0991 e. The second-order valence-electron chi connectivity index (χ2n) is 5.37. The molecule has 0 spiro atoms. The van der Waals surface area contributed by atoms with Crippen LogP contribution in [0.25, 0.3) is 5.57 Å². The topological polar surface area (TPSA) is 0 Å². The Morgan fingerprint density at radius 3 is 2.12 bits per heavy atom. The van der Waals surface area contributed by atoms with Crippen molar-refractivity contribution in [2.75, 3.05) is 0 Å². The van der Waals surface area contributed by atoms with Crippen LogP contribution in [-0.2, 0) is 0 Å². The molecule has 0 heterocycles. The van der Waals surface area contributed by atoms with Gasteiger partial charge in [-0.15, -0.1) is 0 Å². The van der Waals surface area contributed by atoms with Gasteiger partial charge in [0.2, 0.25) is 0 Å². The summed E-state index contributed by atoms with van der Waals surface area (Å²) in [6.45, 7) is 21.9. The first-order chi connectivity index (χ1) is 12.0. The zero-order valence-corrected chi connectivity index (χ0v) is 17.3. The predicted octanol–water partition coefficient (Wildman–Crippen LogP) is 8.17. The quantitative estimate of drug-likeness (QED) is 0.476. The van der Waals surface area contributed by atoms with Crippen molar-refractivity contribution < 1.29 is 0 Å². The third-order valence-corrected chi connectivity index (χ3v) is 3.15. The fourth-order valence-electron chi connectivity index (χ4n) is 1.96. The van der Waals surface area contributed by atoms with Gasteiger partial charge in [0.15, 0.2) is 0 Å². The van der Waals surface area contributed by atoms with Crippen molar-refractivity contribution in [1.82, 2.24) is 0 Å². The van der Waals surface area contributed by atoms with Crippen LogP contribution < -0.4 is 0 Å². The van der Waals surface area contributed by atoms with Crippen molar-refractivity contribution in [3.63, 3.8) is 0 Å². The number of rotatable bonds is 5. The highest BCUT2D eigenvalue weighted by molar-refractivity contribution is 5.74. The zero-order valence-electron chi connectivity index (χ0n) is 17.3. The van der Waals surface area contributed by atoms with Gasteiger partial charge in [-0.25, -0.2) is 0 Å². The monoisotopic (exact) mass is 336 g/mol. The number of benzene rings is 1. The molecule has 0 atom stereocenters. The Morgan fingerprint density at radius 2 is 1.60 bits per heavy atom. The Labute approximate surface area is 156 Å². The maximum atomic E-state index is 4.08. The van der Waals surface area contributed by atoms with Gasteiger partial charge in [-0.3, -0.25) is 0 Å². The summed E-state index contributed by atoms with van der Waals surface area (Å²) in [5.74, 6) is 0.